The second-order valence-electron chi connectivity index (χ2n) is 5.33. The number of rotatable bonds is 5. The van der Waals surface area contributed by atoms with Crippen molar-refractivity contribution in [3.63, 3.8) is 0 Å². The number of hydrogen-bond acceptors (Lipinski definition) is 4. The number of hydrogen-bond donors (Lipinski definition) is 2. The molecule has 2 N–H and O–H groups in total. The van der Waals surface area contributed by atoms with Gasteiger partial charge >= 0.3 is 0 Å². The lowest BCUT2D eigenvalue weighted by Crippen LogP contribution is -2.38. The Labute approximate surface area is 115 Å². The van der Waals surface area contributed by atoms with Crippen LogP contribution in [0.2, 0.25) is 0 Å². The smallest absolute Gasteiger partial charge is 0.133 e. The van der Waals surface area contributed by atoms with Crippen LogP contribution < -0.4 is 10.2 Å². The maximum atomic E-state index is 9.66. The van der Waals surface area contributed by atoms with Gasteiger partial charge in [-0.3, -0.25) is 0 Å². The van der Waals surface area contributed by atoms with E-state index in [4.69, 9.17) is 0 Å². The van der Waals surface area contributed by atoms with Gasteiger partial charge in [-0.15, -0.1) is 0 Å². The zero-order chi connectivity index (χ0) is 13.7. The molecule has 0 aliphatic carbocycles. The summed E-state index contributed by atoms with van der Waals surface area (Å²) < 4.78 is 0. The Balaban J connectivity index is 2.02. The zero-order valence-corrected chi connectivity index (χ0v) is 12.0. The highest BCUT2D eigenvalue weighted by atomic mass is 16.3. The summed E-state index contributed by atoms with van der Waals surface area (Å²) in [5.74, 6) is 1.55. The van der Waals surface area contributed by atoms with Crippen LogP contribution in [0.15, 0.2) is 18.3 Å². The molecule has 0 spiro atoms. The third-order valence-corrected chi connectivity index (χ3v) is 3.95. The first-order chi connectivity index (χ1) is 9.22. The van der Waals surface area contributed by atoms with E-state index in [1.807, 2.05) is 19.2 Å². The maximum Gasteiger partial charge on any atom is 0.133 e. The maximum absolute atomic E-state index is 9.66. The summed E-state index contributed by atoms with van der Waals surface area (Å²) in [5, 5.41) is 13.0. The fourth-order valence-corrected chi connectivity index (χ4v) is 2.71. The molecule has 1 aromatic rings. The van der Waals surface area contributed by atoms with Gasteiger partial charge in [0.15, 0.2) is 0 Å². The van der Waals surface area contributed by atoms with E-state index in [1.165, 1.54) is 5.56 Å². The minimum atomic E-state index is -0.188. The first-order valence-corrected chi connectivity index (χ1v) is 7.30. The average molecular weight is 263 g/mol. The number of aromatic nitrogens is 1. The molecular weight excluding hydrogens is 238 g/mol. The predicted octanol–water partition coefficient (Wildman–Crippen LogP) is 1.79. The SMILES string of the molecule is CCNCc1cccnc1N1CCC(C(C)O)CC1. The highest BCUT2D eigenvalue weighted by Gasteiger charge is 2.24. The quantitative estimate of drug-likeness (QED) is 0.850. The van der Waals surface area contributed by atoms with Crippen LogP contribution in [0.4, 0.5) is 5.82 Å². The van der Waals surface area contributed by atoms with E-state index in [2.05, 4.69) is 28.2 Å². The van der Waals surface area contributed by atoms with Gasteiger partial charge in [-0.25, -0.2) is 4.98 Å². The molecule has 1 unspecified atom stereocenters. The van der Waals surface area contributed by atoms with E-state index in [-0.39, 0.29) is 6.10 Å². The number of aliphatic hydroxyl groups is 1. The molecule has 19 heavy (non-hydrogen) atoms. The molecule has 0 saturated carbocycles. The number of nitrogens with one attached hydrogen (secondary N) is 1. The molecule has 0 aromatic carbocycles. The standard InChI is InChI=1S/C15H25N3O/c1-3-16-11-14-5-4-8-17-15(14)18-9-6-13(7-10-18)12(2)19/h4-5,8,12-13,16,19H,3,6-7,9-11H2,1-2H3. The molecule has 0 bridgehead atoms. The third-order valence-electron chi connectivity index (χ3n) is 3.95. The van der Waals surface area contributed by atoms with Gasteiger partial charge in [0.1, 0.15) is 5.82 Å². The molecule has 0 radical (unpaired) electrons. The normalized spacial score (nSPS) is 18.6. The topological polar surface area (TPSA) is 48.4 Å². The monoisotopic (exact) mass is 263 g/mol. The third kappa shape index (κ3) is 3.67. The Hall–Kier alpha value is -1.13. The van der Waals surface area contributed by atoms with Crippen LogP contribution in [0, 0.1) is 5.92 Å². The number of piperidine rings is 1. The van der Waals surface area contributed by atoms with E-state index >= 15 is 0 Å². The summed E-state index contributed by atoms with van der Waals surface area (Å²) in [6, 6.07) is 4.14. The van der Waals surface area contributed by atoms with Gasteiger partial charge in [-0.2, -0.15) is 0 Å². The number of anilines is 1. The molecule has 2 heterocycles. The molecule has 4 nitrogen and oxygen atoms in total. The summed E-state index contributed by atoms with van der Waals surface area (Å²) >= 11 is 0. The van der Waals surface area contributed by atoms with Crippen molar-refractivity contribution in [1.29, 1.82) is 0 Å². The van der Waals surface area contributed by atoms with Gasteiger partial charge in [-0.1, -0.05) is 13.0 Å². The van der Waals surface area contributed by atoms with Gasteiger partial charge < -0.3 is 15.3 Å². The van der Waals surface area contributed by atoms with Crippen LogP contribution in [-0.2, 0) is 6.54 Å². The van der Waals surface area contributed by atoms with Crippen molar-refractivity contribution in [2.75, 3.05) is 24.5 Å². The van der Waals surface area contributed by atoms with Crippen LogP contribution in [0.25, 0.3) is 0 Å². The minimum absolute atomic E-state index is 0.188. The van der Waals surface area contributed by atoms with Crippen molar-refractivity contribution >= 4 is 5.82 Å². The van der Waals surface area contributed by atoms with Crippen molar-refractivity contribution in [2.24, 2.45) is 5.92 Å². The lowest BCUT2D eigenvalue weighted by Gasteiger charge is -2.35. The molecule has 4 heteroatoms. The first kappa shape index (κ1) is 14.3. The highest BCUT2D eigenvalue weighted by Crippen LogP contribution is 2.26. The second kappa shape index (κ2) is 6.87. The fourth-order valence-electron chi connectivity index (χ4n) is 2.71. The van der Waals surface area contributed by atoms with Crippen LogP contribution in [0.5, 0.6) is 0 Å². The molecule has 1 aliphatic heterocycles. The summed E-state index contributed by atoms with van der Waals surface area (Å²) in [6.45, 7) is 7.84. The summed E-state index contributed by atoms with van der Waals surface area (Å²) in [7, 11) is 0. The van der Waals surface area contributed by atoms with Gasteiger partial charge in [0.2, 0.25) is 0 Å². The Morgan fingerprint density at radius 1 is 1.47 bits per heavy atom. The molecule has 2 rings (SSSR count). The van der Waals surface area contributed by atoms with E-state index in [0.717, 1.165) is 44.8 Å². The number of aliphatic hydroxyl groups excluding tert-OH is 1. The summed E-state index contributed by atoms with van der Waals surface area (Å²) in [6.07, 6.45) is 3.78. The van der Waals surface area contributed by atoms with Crippen molar-refractivity contribution in [3.05, 3.63) is 23.9 Å². The Morgan fingerprint density at radius 2 is 2.21 bits per heavy atom. The van der Waals surface area contributed by atoms with Crippen LogP contribution in [-0.4, -0.2) is 35.8 Å². The first-order valence-electron chi connectivity index (χ1n) is 7.30. The molecule has 1 saturated heterocycles. The second-order valence-corrected chi connectivity index (χ2v) is 5.33. The lowest BCUT2D eigenvalue weighted by molar-refractivity contribution is 0.109. The molecule has 1 atom stereocenters. The van der Waals surface area contributed by atoms with E-state index in [0.29, 0.717) is 5.92 Å². The van der Waals surface area contributed by atoms with Gasteiger partial charge in [-0.05, 0) is 38.3 Å². The van der Waals surface area contributed by atoms with Crippen LogP contribution in [0.3, 0.4) is 0 Å². The van der Waals surface area contributed by atoms with Crippen LogP contribution >= 0.6 is 0 Å². The van der Waals surface area contributed by atoms with Crippen molar-refractivity contribution in [3.8, 4) is 0 Å². The lowest BCUT2D eigenvalue weighted by atomic mass is 9.92. The zero-order valence-electron chi connectivity index (χ0n) is 12.0. The Morgan fingerprint density at radius 3 is 2.84 bits per heavy atom. The van der Waals surface area contributed by atoms with Crippen molar-refractivity contribution < 1.29 is 5.11 Å². The fraction of sp³-hybridized carbons (Fsp3) is 0.667. The molecule has 1 aromatic heterocycles. The van der Waals surface area contributed by atoms with Gasteiger partial charge in [0, 0.05) is 31.4 Å². The Bertz CT molecular complexity index is 387. The van der Waals surface area contributed by atoms with Crippen LogP contribution in [0.1, 0.15) is 32.3 Å². The van der Waals surface area contributed by atoms with Crippen molar-refractivity contribution in [2.45, 2.75) is 39.3 Å². The highest BCUT2D eigenvalue weighted by molar-refractivity contribution is 5.47. The summed E-state index contributed by atoms with van der Waals surface area (Å²) in [5.41, 5.74) is 1.26. The Kier molecular flexibility index (Phi) is 5.16. The van der Waals surface area contributed by atoms with E-state index in [1.54, 1.807) is 0 Å². The van der Waals surface area contributed by atoms with Gasteiger partial charge in [0.25, 0.3) is 0 Å². The molecule has 106 valence electrons. The summed E-state index contributed by atoms with van der Waals surface area (Å²) in [4.78, 5) is 6.90. The largest absolute Gasteiger partial charge is 0.393 e. The van der Waals surface area contributed by atoms with E-state index < -0.39 is 0 Å². The number of nitrogens with zero attached hydrogens (tertiary/aromatic N) is 2. The number of pyridine rings is 1. The molecule has 0 amide bonds. The minimum Gasteiger partial charge on any atom is -0.393 e. The van der Waals surface area contributed by atoms with Gasteiger partial charge in [0.05, 0.1) is 6.10 Å². The molecule has 1 aliphatic rings. The van der Waals surface area contributed by atoms with E-state index in [9.17, 15) is 5.11 Å². The predicted molar refractivity (Wildman–Crippen MR) is 78.2 cm³/mol. The van der Waals surface area contributed by atoms with Crippen molar-refractivity contribution in [1.82, 2.24) is 10.3 Å². The molecular formula is C15H25N3O. The average Bonchev–Trinajstić information content (AvgIpc) is 2.45. The molecule has 1 fully saturated rings.